The zero-order valence-corrected chi connectivity index (χ0v) is 11.7. The third kappa shape index (κ3) is 2.17. The first kappa shape index (κ1) is 12.8. The van der Waals surface area contributed by atoms with Gasteiger partial charge in [0.1, 0.15) is 0 Å². The molecule has 0 saturated carbocycles. The summed E-state index contributed by atoms with van der Waals surface area (Å²) in [4.78, 5) is 12.1. The average molecular weight is 244 g/mol. The zero-order chi connectivity index (χ0) is 13.4. The molecule has 1 aliphatic heterocycles. The number of anilines is 1. The van der Waals surface area contributed by atoms with Gasteiger partial charge in [-0.3, -0.25) is 4.79 Å². The van der Waals surface area contributed by atoms with E-state index >= 15 is 0 Å². The molecule has 0 aromatic heterocycles. The first-order valence-electron chi connectivity index (χ1n) is 6.38. The van der Waals surface area contributed by atoms with Crippen LogP contribution in [0.2, 0.25) is 0 Å². The van der Waals surface area contributed by atoms with Crippen molar-refractivity contribution in [3.63, 3.8) is 0 Å². The number of hydrogen-bond acceptors (Lipinski definition) is 2. The van der Waals surface area contributed by atoms with E-state index in [0.717, 1.165) is 22.5 Å². The van der Waals surface area contributed by atoms with Crippen LogP contribution in [0.3, 0.4) is 0 Å². The summed E-state index contributed by atoms with van der Waals surface area (Å²) < 4.78 is 0. The molecule has 3 heteroatoms. The Balaban J connectivity index is 2.47. The Hall–Kier alpha value is -1.64. The molecule has 0 aliphatic carbocycles. The average Bonchev–Trinajstić information content (AvgIpc) is 2.59. The summed E-state index contributed by atoms with van der Waals surface area (Å²) in [6, 6.07) is 4.19. The summed E-state index contributed by atoms with van der Waals surface area (Å²) >= 11 is 0. The smallest absolute Gasteiger partial charge is 0.253 e. The van der Waals surface area contributed by atoms with E-state index in [9.17, 15) is 4.79 Å². The van der Waals surface area contributed by atoms with Gasteiger partial charge in [-0.25, -0.2) is 0 Å². The van der Waals surface area contributed by atoms with Crippen LogP contribution in [0.5, 0.6) is 0 Å². The molecule has 1 amide bonds. The highest BCUT2D eigenvalue weighted by Crippen LogP contribution is 2.30. The van der Waals surface area contributed by atoms with Crippen molar-refractivity contribution in [1.82, 2.24) is 0 Å². The molecule has 18 heavy (non-hydrogen) atoms. The second kappa shape index (κ2) is 4.56. The Morgan fingerprint density at radius 3 is 2.17 bits per heavy atom. The Bertz CT molecular complexity index is 506. The van der Waals surface area contributed by atoms with Crippen molar-refractivity contribution < 1.29 is 4.79 Å². The first-order valence-corrected chi connectivity index (χ1v) is 6.38. The second-order valence-electron chi connectivity index (χ2n) is 5.38. The lowest BCUT2D eigenvalue weighted by atomic mass is 10.0. The van der Waals surface area contributed by atoms with Gasteiger partial charge in [-0.05, 0) is 37.8 Å². The van der Waals surface area contributed by atoms with Gasteiger partial charge in [0.2, 0.25) is 0 Å². The predicted octanol–water partition coefficient (Wildman–Crippen LogP) is 3.36. The highest BCUT2D eigenvalue weighted by atomic mass is 16.2. The van der Waals surface area contributed by atoms with Crippen molar-refractivity contribution in [2.24, 2.45) is 11.0 Å². The first-order chi connectivity index (χ1) is 8.40. The molecule has 0 fully saturated rings. The lowest BCUT2D eigenvalue weighted by Crippen LogP contribution is -2.21. The molecule has 96 valence electrons. The van der Waals surface area contributed by atoms with Crippen molar-refractivity contribution in [3.05, 3.63) is 28.8 Å². The third-order valence-corrected chi connectivity index (χ3v) is 3.31. The van der Waals surface area contributed by atoms with E-state index in [4.69, 9.17) is 0 Å². The molecule has 3 nitrogen and oxygen atoms in total. The number of rotatable bonds is 2. The van der Waals surface area contributed by atoms with Crippen LogP contribution >= 0.6 is 0 Å². The standard InChI is InChI=1S/C15H20N2O/c1-9(2)13-8-14(18)17(16-13)15-11(4)6-10(3)7-12(15)5/h6-7,9H,8H2,1-5H3. The molecule has 0 unspecified atom stereocenters. The van der Waals surface area contributed by atoms with Gasteiger partial charge in [0.25, 0.3) is 5.91 Å². The number of hydrogen-bond donors (Lipinski definition) is 0. The Kier molecular flexibility index (Phi) is 3.24. The van der Waals surface area contributed by atoms with Crippen LogP contribution in [0.25, 0.3) is 0 Å². The molecular formula is C15H20N2O. The summed E-state index contributed by atoms with van der Waals surface area (Å²) in [5.74, 6) is 0.402. The van der Waals surface area contributed by atoms with Crippen molar-refractivity contribution in [3.8, 4) is 0 Å². The fourth-order valence-electron chi connectivity index (χ4n) is 2.45. The Morgan fingerprint density at radius 1 is 1.17 bits per heavy atom. The molecule has 0 N–H and O–H groups in total. The molecule has 1 aliphatic rings. The van der Waals surface area contributed by atoms with Crippen molar-refractivity contribution in [2.75, 3.05) is 5.01 Å². The van der Waals surface area contributed by atoms with Crippen LogP contribution in [-0.4, -0.2) is 11.6 Å². The SMILES string of the molecule is Cc1cc(C)c(N2N=C(C(C)C)CC2=O)c(C)c1. The fraction of sp³-hybridized carbons (Fsp3) is 0.467. The number of amides is 1. The van der Waals surface area contributed by atoms with Crippen molar-refractivity contribution >= 4 is 17.3 Å². The predicted molar refractivity (Wildman–Crippen MR) is 75.0 cm³/mol. The Labute approximate surface area is 108 Å². The van der Waals surface area contributed by atoms with E-state index in [2.05, 4.69) is 38.0 Å². The van der Waals surface area contributed by atoms with Crippen molar-refractivity contribution in [1.29, 1.82) is 0 Å². The zero-order valence-electron chi connectivity index (χ0n) is 11.7. The molecule has 0 bridgehead atoms. The van der Waals surface area contributed by atoms with E-state index in [1.54, 1.807) is 5.01 Å². The van der Waals surface area contributed by atoms with Gasteiger partial charge in [0, 0.05) is 0 Å². The summed E-state index contributed by atoms with van der Waals surface area (Å²) in [7, 11) is 0. The molecular weight excluding hydrogens is 224 g/mol. The van der Waals surface area contributed by atoms with E-state index in [-0.39, 0.29) is 5.91 Å². The topological polar surface area (TPSA) is 32.7 Å². The molecule has 1 heterocycles. The number of benzene rings is 1. The third-order valence-electron chi connectivity index (χ3n) is 3.31. The van der Waals surface area contributed by atoms with Gasteiger partial charge in [-0.1, -0.05) is 31.5 Å². The number of carbonyl (C=O) groups is 1. The van der Waals surface area contributed by atoms with Gasteiger partial charge in [0.15, 0.2) is 0 Å². The maximum atomic E-state index is 12.1. The highest BCUT2D eigenvalue weighted by Gasteiger charge is 2.28. The molecule has 1 aromatic carbocycles. The largest absolute Gasteiger partial charge is 0.272 e. The van der Waals surface area contributed by atoms with Gasteiger partial charge < -0.3 is 0 Å². The summed E-state index contributed by atoms with van der Waals surface area (Å²) in [5.41, 5.74) is 5.35. The molecule has 0 radical (unpaired) electrons. The van der Waals surface area contributed by atoms with Crippen LogP contribution in [-0.2, 0) is 4.79 Å². The molecule has 0 spiro atoms. The fourth-order valence-corrected chi connectivity index (χ4v) is 2.45. The van der Waals surface area contributed by atoms with Gasteiger partial charge in [-0.2, -0.15) is 10.1 Å². The van der Waals surface area contributed by atoms with Crippen LogP contribution in [0.1, 0.15) is 37.0 Å². The lowest BCUT2D eigenvalue weighted by Gasteiger charge is -2.18. The molecule has 2 rings (SSSR count). The maximum absolute atomic E-state index is 12.1. The molecule has 0 atom stereocenters. The number of aryl methyl sites for hydroxylation is 3. The summed E-state index contributed by atoms with van der Waals surface area (Å²) in [6.07, 6.45) is 0.449. The minimum absolute atomic E-state index is 0.0775. The van der Waals surface area contributed by atoms with Crippen LogP contribution in [0, 0.1) is 26.7 Å². The minimum atomic E-state index is 0.0775. The Morgan fingerprint density at radius 2 is 1.72 bits per heavy atom. The number of hydrazone groups is 1. The molecule has 0 saturated heterocycles. The van der Waals surface area contributed by atoms with Gasteiger partial charge >= 0.3 is 0 Å². The monoisotopic (exact) mass is 244 g/mol. The number of carbonyl (C=O) groups excluding carboxylic acids is 1. The van der Waals surface area contributed by atoms with Crippen molar-refractivity contribution in [2.45, 2.75) is 41.0 Å². The van der Waals surface area contributed by atoms with E-state index in [1.807, 2.05) is 13.8 Å². The quantitative estimate of drug-likeness (QED) is 0.785. The van der Waals surface area contributed by atoms with Crippen LogP contribution in [0.15, 0.2) is 17.2 Å². The minimum Gasteiger partial charge on any atom is -0.272 e. The molecule has 1 aromatic rings. The highest BCUT2D eigenvalue weighted by molar-refractivity contribution is 6.14. The second-order valence-corrected chi connectivity index (χ2v) is 5.38. The summed E-state index contributed by atoms with van der Waals surface area (Å²) in [5, 5.41) is 6.07. The van der Waals surface area contributed by atoms with E-state index in [1.165, 1.54) is 5.56 Å². The summed E-state index contributed by atoms with van der Waals surface area (Å²) in [6.45, 7) is 10.3. The van der Waals surface area contributed by atoms with E-state index in [0.29, 0.717) is 12.3 Å². The van der Waals surface area contributed by atoms with Gasteiger partial charge in [0.05, 0.1) is 17.8 Å². The maximum Gasteiger partial charge on any atom is 0.253 e. The van der Waals surface area contributed by atoms with Crippen LogP contribution < -0.4 is 5.01 Å². The number of nitrogens with zero attached hydrogens (tertiary/aromatic N) is 2. The lowest BCUT2D eigenvalue weighted by molar-refractivity contribution is -0.116. The van der Waals surface area contributed by atoms with Crippen LogP contribution in [0.4, 0.5) is 5.69 Å². The normalized spacial score (nSPS) is 15.6. The van der Waals surface area contributed by atoms with Gasteiger partial charge in [-0.15, -0.1) is 0 Å². The van der Waals surface area contributed by atoms with E-state index < -0.39 is 0 Å².